The molecule has 0 radical (unpaired) electrons. The SMILES string of the molecule is CC(C)CNCc1cnc(Oc2ccc(Br)c(F)c2)nc1. The Balaban J connectivity index is 1.94. The second kappa shape index (κ2) is 7.47. The predicted molar refractivity (Wildman–Crippen MR) is 82.8 cm³/mol. The van der Waals surface area contributed by atoms with E-state index in [1.807, 2.05) is 0 Å². The fourth-order valence-electron chi connectivity index (χ4n) is 1.64. The van der Waals surface area contributed by atoms with Crippen LogP contribution in [0, 0.1) is 11.7 Å². The second-order valence-electron chi connectivity index (χ2n) is 5.08. The summed E-state index contributed by atoms with van der Waals surface area (Å²) in [6.45, 7) is 5.96. The van der Waals surface area contributed by atoms with Crippen LogP contribution >= 0.6 is 15.9 Å². The van der Waals surface area contributed by atoms with Gasteiger partial charge in [0.1, 0.15) is 11.6 Å². The van der Waals surface area contributed by atoms with Crippen molar-refractivity contribution in [2.75, 3.05) is 6.54 Å². The van der Waals surface area contributed by atoms with Gasteiger partial charge >= 0.3 is 6.01 Å². The Hall–Kier alpha value is -1.53. The number of ether oxygens (including phenoxy) is 1. The number of rotatable bonds is 6. The summed E-state index contributed by atoms with van der Waals surface area (Å²) in [4.78, 5) is 8.23. The van der Waals surface area contributed by atoms with Crippen LogP contribution in [0.5, 0.6) is 11.8 Å². The molecule has 0 amide bonds. The molecular formula is C15H17BrFN3O. The minimum atomic E-state index is -0.387. The van der Waals surface area contributed by atoms with Crippen molar-refractivity contribution in [2.45, 2.75) is 20.4 Å². The van der Waals surface area contributed by atoms with Crippen LogP contribution in [0.2, 0.25) is 0 Å². The molecule has 0 saturated carbocycles. The zero-order valence-corrected chi connectivity index (χ0v) is 13.5. The maximum atomic E-state index is 13.4. The molecule has 2 rings (SSSR count). The molecule has 0 aliphatic carbocycles. The third-order valence-electron chi connectivity index (χ3n) is 2.66. The maximum Gasteiger partial charge on any atom is 0.321 e. The van der Waals surface area contributed by atoms with E-state index < -0.39 is 0 Å². The van der Waals surface area contributed by atoms with Gasteiger partial charge in [0, 0.05) is 30.6 Å². The van der Waals surface area contributed by atoms with Gasteiger partial charge in [-0.3, -0.25) is 0 Å². The van der Waals surface area contributed by atoms with E-state index in [0.29, 0.717) is 22.7 Å². The van der Waals surface area contributed by atoms with E-state index in [1.165, 1.54) is 6.07 Å². The maximum absolute atomic E-state index is 13.4. The fourth-order valence-corrected chi connectivity index (χ4v) is 1.88. The Bertz CT molecular complexity index is 590. The molecule has 0 saturated heterocycles. The summed E-state index contributed by atoms with van der Waals surface area (Å²) in [5.41, 5.74) is 0.977. The molecule has 6 heteroatoms. The molecule has 21 heavy (non-hydrogen) atoms. The van der Waals surface area contributed by atoms with Crippen LogP contribution in [-0.2, 0) is 6.54 Å². The Morgan fingerprint density at radius 3 is 2.62 bits per heavy atom. The minimum absolute atomic E-state index is 0.198. The normalized spacial score (nSPS) is 10.9. The molecule has 1 aromatic carbocycles. The average Bonchev–Trinajstić information content (AvgIpc) is 2.44. The Morgan fingerprint density at radius 2 is 2.00 bits per heavy atom. The molecule has 4 nitrogen and oxygen atoms in total. The van der Waals surface area contributed by atoms with Crippen LogP contribution in [0.4, 0.5) is 4.39 Å². The van der Waals surface area contributed by atoms with Gasteiger partial charge in [0.25, 0.3) is 0 Å². The van der Waals surface area contributed by atoms with E-state index in [9.17, 15) is 4.39 Å². The Kier molecular flexibility index (Phi) is 5.64. The lowest BCUT2D eigenvalue weighted by Gasteiger charge is -2.08. The van der Waals surface area contributed by atoms with E-state index >= 15 is 0 Å². The number of hydrogen-bond donors (Lipinski definition) is 1. The molecule has 112 valence electrons. The summed E-state index contributed by atoms with van der Waals surface area (Å²) in [6, 6.07) is 4.71. The molecule has 0 fully saturated rings. The summed E-state index contributed by atoms with van der Waals surface area (Å²) < 4.78 is 19.2. The van der Waals surface area contributed by atoms with E-state index in [1.54, 1.807) is 24.5 Å². The van der Waals surface area contributed by atoms with Crippen molar-refractivity contribution in [3.8, 4) is 11.8 Å². The van der Waals surface area contributed by atoms with Crippen LogP contribution < -0.4 is 10.1 Å². The number of halogens is 2. The smallest absolute Gasteiger partial charge is 0.321 e. The van der Waals surface area contributed by atoms with Crippen LogP contribution in [0.3, 0.4) is 0 Å². The van der Waals surface area contributed by atoms with Gasteiger partial charge in [-0.05, 0) is 40.5 Å². The van der Waals surface area contributed by atoms with Crippen molar-refractivity contribution in [1.82, 2.24) is 15.3 Å². The summed E-state index contributed by atoms with van der Waals surface area (Å²) in [5.74, 6) is 0.573. The largest absolute Gasteiger partial charge is 0.424 e. The van der Waals surface area contributed by atoms with Gasteiger partial charge in [0.15, 0.2) is 0 Å². The molecule has 1 aromatic heterocycles. The van der Waals surface area contributed by atoms with Gasteiger partial charge < -0.3 is 10.1 Å². The highest BCUT2D eigenvalue weighted by Crippen LogP contribution is 2.23. The topological polar surface area (TPSA) is 47.0 Å². The quantitative estimate of drug-likeness (QED) is 0.854. The van der Waals surface area contributed by atoms with E-state index in [2.05, 4.69) is 45.1 Å². The molecule has 2 aromatic rings. The third kappa shape index (κ3) is 5.06. The highest BCUT2D eigenvalue weighted by Gasteiger charge is 2.05. The van der Waals surface area contributed by atoms with Crippen molar-refractivity contribution in [1.29, 1.82) is 0 Å². The first-order chi connectivity index (χ1) is 10.0. The van der Waals surface area contributed by atoms with Crippen molar-refractivity contribution < 1.29 is 9.13 Å². The Labute approximate surface area is 131 Å². The first-order valence-corrected chi connectivity index (χ1v) is 7.48. The van der Waals surface area contributed by atoms with Crippen LogP contribution in [-0.4, -0.2) is 16.5 Å². The molecule has 0 spiro atoms. The van der Waals surface area contributed by atoms with Crippen LogP contribution in [0.15, 0.2) is 35.1 Å². The fraction of sp³-hybridized carbons (Fsp3) is 0.333. The minimum Gasteiger partial charge on any atom is -0.424 e. The molecule has 0 aliphatic rings. The van der Waals surface area contributed by atoms with Gasteiger partial charge in [-0.25, -0.2) is 14.4 Å². The number of nitrogens with zero attached hydrogens (tertiary/aromatic N) is 2. The lowest BCUT2D eigenvalue weighted by atomic mass is 10.2. The second-order valence-corrected chi connectivity index (χ2v) is 5.93. The molecule has 0 bridgehead atoms. The highest BCUT2D eigenvalue weighted by atomic mass is 79.9. The van der Waals surface area contributed by atoms with Gasteiger partial charge in [0.05, 0.1) is 4.47 Å². The molecule has 0 atom stereocenters. The molecule has 1 heterocycles. The monoisotopic (exact) mass is 353 g/mol. The zero-order valence-electron chi connectivity index (χ0n) is 11.9. The molecule has 1 N–H and O–H groups in total. The number of hydrogen-bond acceptors (Lipinski definition) is 4. The Morgan fingerprint density at radius 1 is 1.29 bits per heavy atom. The lowest BCUT2D eigenvalue weighted by molar-refractivity contribution is 0.436. The first kappa shape index (κ1) is 15.9. The summed E-state index contributed by atoms with van der Waals surface area (Å²) >= 11 is 3.09. The average molecular weight is 354 g/mol. The van der Waals surface area contributed by atoms with Crippen molar-refractivity contribution >= 4 is 15.9 Å². The summed E-state index contributed by atoms with van der Waals surface area (Å²) in [6.07, 6.45) is 3.40. The van der Waals surface area contributed by atoms with E-state index in [-0.39, 0.29) is 11.8 Å². The number of benzene rings is 1. The standard InChI is InChI=1S/C15H17BrFN3O/c1-10(2)6-18-7-11-8-19-15(20-9-11)21-12-3-4-13(16)14(17)5-12/h3-5,8-10,18H,6-7H2,1-2H3. The van der Waals surface area contributed by atoms with Crippen LogP contribution in [0.1, 0.15) is 19.4 Å². The summed E-state index contributed by atoms with van der Waals surface area (Å²) in [7, 11) is 0. The van der Waals surface area contributed by atoms with E-state index in [4.69, 9.17) is 4.74 Å². The van der Waals surface area contributed by atoms with Crippen LogP contribution in [0.25, 0.3) is 0 Å². The zero-order chi connectivity index (χ0) is 15.2. The van der Waals surface area contributed by atoms with Gasteiger partial charge in [-0.15, -0.1) is 0 Å². The molecular weight excluding hydrogens is 337 g/mol. The molecule has 0 aliphatic heterocycles. The number of aromatic nitrogens is 2. The van der Waals surface area contributed by atoms with Crippen molar-refractivity contribution in [2.24, 2.45) is 5.92 Å². The molecule has 0 unspecified atom stereocenters. The van der Waals surface area contributed by atoms with E-state index in [0.717, 1.165) is 12.1 Å². The van der Waals surface area contributed by atoms with Gasteiger partial charge in [0.2, 0.25) is 0 Å². The lowest BCUT2D eigenvalue weighted by Crippen LogP contribution is -2.19. The van der Waals surface area contributed by atoms with Crippen molar-refractivity contribution in [3.05, 3.63) is 46.4 Å². The van der Waals surface area contributed by atoms with Crippen molar-refractivity contribution in [3.63, 3.8) is 0 Å². The first-order valence-electron chi connectivity index (χ1n) is 6.69. The summed E-state index contributed by atoms with van der Waals surface area (Å²) in [5, 5.41) is 3.31. The van der Waals surface area contributed by atoms with Gasteiger partial charge in [-0.2, -0.15) is 0 Å². The predicted octanol–water partition coefficient (Wildman–Crippen LogP) is 3.92. The van der Waals surface area contributed by atoms with Gasteiger partial charge in [-0.1, -0.05) is 13.8 Å². The third-order valence-corrected chi connectivity index (χ3v) is 3.31. The number of nitrogens with one attached hydrogen (secondary N) is 1. The highest BCUT2D eigenvalue weighted by molar-refractivity contribution is 9.10.